The Hall–Kier alpha value is -2.28. The van der Waals surface area contributed by atoms with E-state index >= 15 is 0 Å². The molecule has 0 radical (unpaired) electrons. The normalized spacial score (nSPS) is 10.8. The van der Waals surface area contributed by atoms with Crippen LogP contribution in [0.15, 0.2) is 41.3 Å². The number of rotatable bonds is 2. The Kier molecular flexibility index (Phi) is 2.75. The fourth-order valence-corrected chi connectivity index (χ4v) is 2.16. The summed E-state index contributed by atoms with van der Waals surface area (Å²) in [6.45, 7) is 0. The zero-order chi connectivity index (χ0) is 13.4. The molecule has 3 aromatic rings. The second-order valence-corrected chi connectivity index (χ2v) is 4.72. The van der Waals surface area contributed by atoms with Crippen LogP contribution in [0.4, 0.5) is 0 Å². The van der Waals surface area contributed by atoms with Crippen molar-refractivity contribution in [3.63, 3.8) is 0 Å². The molecule has 0 bridgehead atoms. The van der Waals surface area contributed by atoms with Crippen molar-refractivity contribution in [3.8, 4) is 5.69 Å². The van der Waals surface area contributed by atoms with Crippen molar-refractivity contribution in [3.05, 3.63) is 47.0 Å². The predicted octanol–water partition coefficient (Wildman–Crippen LogP) is 2.28. The highest BCUT2D eigenvalue weighted by Crippen LogP contribution is 2.21. The second kappa shape index (κ2) is 4.43. The number of halogens is 1. The van der Waals surface area contributed by atoms with Gasteiger partial charge in [-0.2, -0.15) is 5.10 Å². The first-order chi connectivity index (χ1) is 9.16. The molecular formula is C12H7BrN4O2. The number of aromatic nitrogens is 4. The topological polar surface area (TPSA) is 80.9 Å². The van der Waals surface area contributed by atoms with E-state index in [1.54, 1.807) is 36.8 Å². The molecule has 3 heterocycles. The van der Waals surface area contributed by atoms with Gasteiger partial charge in [-0.15, -0.1) is 0 Å². The summed E-state index contributed by atoms with van der Waals surface area (Å²) in [5.74, 6) is -1.08. The molecule has 0 fully saturated rings. The number of carboxylic acid groups (broad SMARTS) is 1. The molecule has 0 aliphatic heterocycles. The minimum absolute atomic E-state index is 0.0249. The fraction of sp³-hybridized carbons (Fsp3) is 0. The average Bonchev–Trinajstić information content (AvgIpc) is 2.78. The molecule has 3 rings (SSSR count). The van der Waals surface area contributed by atoms with Gasteiger partial charge in [0.15, 0.2) is 11.3 Å². The summed E-state index contributed by atoms with van der Waals surface area (Å²) in [6.07, 6.45) is 4.83. The first-order valence-corrected chi connectivity index (χ1v) is 6.14. The molecule has 0 aromatic carbocycles. The van der Waals surface area contributed by atoms with Gasteiger partial charge in [0, 0.05) is 16.9 Å². The highest BCUT2D eigenvalue weighted by atomic mass is 79.9. The van der Waals surface area contributed by atoms with E-state index in [9.17, 15) is 4.79 Å². The summed E-state index contributed by atoms with van der Waals surface area (Å²) in [4.78, 5) is 19.4. The zero-order valence-corrected chi connectivity index (χ0v) is 11.1. The smallest absolute Gasteiger partial charge is 0.357 e. The Morgan fingerprint density at radius 2 is 2.21 bits per heavy atom. The van der Waals surface area contributed by atoms with E-state index in [0.29, 0.717) is 16.7 Å². The van der Waals surface area contributed by atoms with Gasteiger partial charge < -0.3 is 5.11 Å². The summed E-state index contributed by atoms with van der Waals surface area (Å²) in [7, 11) is 0. The van der Waals surface area contributed by atoms with Gasteiger partial charge in [-0.3, -0.25) is 4.98 Å². The lowest BCUT2D eigenvalue weighted by Crippen LogP contribution is -2.02. The largest absolute Gasteiger partial charge is 0.476 e. The van der Waals surface area contributed by atoms with Gasteiger partial charge >= 0.3 is 5.97 Å². The van der Waals surface area contributed by atoms with E-state index < -0.39 is 5.97 Å². The summed E-state index contributed by atoms with van der Waals surface area (Å²) in [5.41, 5.74) is 1.11. The van der Waals surface area contributed by atoms with Crippen molar-refractivity contribution in [1.29, 1.82) is 0 Å². The van der Waals surface area contributed by atoms with Gasteiger partial charge in [0.25, 0.3) is 0 Å². The van der Waals surface area contributed by atoms with E-state index in [2.05, 4.69) is 31.0 Å². The Labute approximate surface area is 115 Å². The minimum atomic E-state index is -1.08. The number of aromatic carboxylic acids is 1. The molecule has 0 aliphatic carbocycles. The van der Waals surface area contributed by atoms with Crippen molar-refractivity contribution in [2.45, 2.75) is 0 Å². The first-order valence-electron chi connectivity index (χ1n) is 5.35. The molecule has 1 N–H and O–H groups in total. The zero-order valence-electron chi connectivity index (χ0n) is 9.49. The molecule has 94 valence electrons. The van der Waals surface area contributed by atoms with Crippen molar-refractivity contribution in [2.24, 2.45) is 0 Å². The number of hydrogen-bond acceptors (Lipinski definition) is 4. The number of nitrogens with zero attached hydrogens (tertiary/aromatic N) is 4. The lowest BCUT2D eigenvalue weighted by molar-refractivity contribution is 0.0692. The van der Waals surface area contributed by atoms with Crippen LogP contribution in [0.2, 0.25) is 0 Å². The lowest BCUT2D eigenvalue weighted by Gasteiger charge is -2.01. The van der Waals surface area contributed by atoms with Crippen LogP contribution in [0, 0.1) is 0 Å². The Balaban J connectivity index is 2.33. The third-order valence-corrected chi connectivity index (χ3v) is 3.01. The SMILES string of the molecule is O=C(O)c1nn(-c2cncc(Br)c2)c2ncccc12. The van der Waals surface area contributed by atoms with Crippen molar-refractivity contribution >= 4 is 32.9 Å². The van der Waals surface area contributed by atoms with Crippen LogP contribution in [0.25, 0.3) is 16.7 Å². The van der Waals surface area contributed by atoms with Crippen molar-refractivity contribution in [2.75, 3.05) is 0 Å². The molecule has 19 heavy (non-hydrogen) atoms. The second-order valence-electron chi connectivity index (χ2n) is 3.80. The molecule has 0 atom stereocenters. The summed E-state index contributed by atoms with van der Waals surface area (Å²) >= 11 is 3.32. The predicted molar refractivity (Wildman–Crippen MR) is 71.3 cm³/mol. The summed E-state index contributed by atoms with van der Waals surface area (Å²) in [6, 6.07) is 5.15. The maximum atomic E-state index is 11.2. The molecular weight excluding hydrogens is 312 g/mol. The van der Waals surface area contributed by atoms with Crippen LogP contribution in [0.3, 0.4) is 0 Å². The van der Waals surface area contributed by atoms with Gasteiger partial charge in [0.05, 0.1) is 17.3 Å². The molecule has 6 nitrogen and oxygen atoms in total. The third kappa shape index (κ3) is 1.97. The molecule has 0 aliphatic rings. The summed E-state index contributed by atoms with van der Waals surface area (Å²) < 4.78 is 2.25. The van der Waals surface area contributed by atoms with Crippen LogP contribution in [-0.4, -0.2) is 30.8 Å². The van der Waals surface area contributed by atoms with Crippen LogP contribution in [-0.2, 0) is 0 Å². The third-order valence-electron chi connectivity index (χ3n) is 2.58. The number of pyridine rings is 2. The highest BCUT2D eigenvalue weighted by molar-refractivity contribution is 9.10. The molecule has 0 amide bonds. The van der Waals surface area contributed by atoms with Crippen molar-refractivity contribution in [1.82, 2.24) is 19.7 Å². The van der Waals surface area contributed by atoms with Gasteiger partial charge in [0.1, 0.15) is 0 Å². The molecule has 7 heteroatoms. The van der Waals surface area contributed by atoms with E-state index in [1.807, 2.05) is 0 Å². The molecule has 0 unspecified atom stereocenters. The van der Waals surface area contributed by atoms with Crippen molar-refractivity contribution < 1.29 is 9.90 Å². The van der Waals surface area contributed by atoms with E-state index in [4.69, 9.17) is 5.11 Å². The minimum Gasteiger partial charge on any atom is -0.476 e. The fourth-order valence-electron chi connectivity index (χ4n) is 1.81. The van der Waals surface area contributed by atoms with Crippen LogP contribution < -0.4 is 0 Å². The highest BCUT2D eigenvalue weighted by Gasteiger charge is 2.17. The lowest BCUT2D eigenvalue weighted by atomic mass is 10.2. The maximum absolute atomic E-state index is 11.2. The quantitative estimate of drug-likeness (QED) is 0.784. The van der Waals surface area contributed by atoms with Gasteiger partial charge in [0.2, 0.25) is 0 Å². The van der Waals surface area contributed by atoms with Gasteiger partial charge in [-0.1, -0.05) is 0 Å². The number of carbonyl (C=O) groups is 1. The molecule has 0 saturated carbocycles. The standard InChI is InChI=1S/C12H7BrN4O2/c13-7-4-8(6-14-5-7)17-11-9(2-1-3-15-11)10(16-17)12(18)19/h1-6H,(H,18,19). The van der Waals surface area contributed by atoms with E-state index in [1.165, 1.54) is 4.68 Å². The van der Waals surface area contributed by atoms with E-state index in [0.717, 1.165) is 4.47 Å². The Morgan fingerprint density at radius 1 is 1.37 bits per heavy atom. The van der Waals surface area contributed by atoms with Crippen LogP contribution in [0.5, 0.6) is 0 Å². The van der Waals surface area contributed by atoms with E-state index in [-0.39, 0.29) is 5.69 Å². The molecule has 0 spiro atoms. The molecule has 3 aromatic heterocycles. The Morgan fingerprint density at radius 3 is 2.95 bits per heavy atom. The van der Waals surface area contributed by atoms with Gasteiger partial charge in [-0.05, 0) is 34.1 Å². The van der Waals surface area contributed by atoms with Gasteiger partial charge in [-0.25, -0.2) is 14.5 Å². The van der Waals surface area contributed by atoms with Crippen LogP contribution >= 0.6 is 15.9 Å². The average molecular weight is 319 g/mol. The summed E-state index contributed by atoms with van der Waals surface area (Å²) in [5, 5.41) is 13.8. The number of fused-ring (bicyclic) bond motifs is 1. The van der Waals surface area contributed by atoms with Crippen LogP contribution in [0.1, 0.15) is 10.5 Å². The Bertz CT molecular complexity index is 784. The first kappa shape index (κ1) is 11.8. The monoisotopic (exact) mass is 318 g/mol. The molecule has 0 saturated heterocycles. The number of carboxylic acids is 1. The number of hydrogen-bond donors (Lipinski definition) is 1. The maximum Gasteiger partial charge on any atom is 0.357 e.